The van der Waals surface area contributed by atoms with Crippen LogP contribution in [0.4, 0.5) is 5.69 Å². The lowest BCUT2D eigenvalue weighted by molar-refractivity contribution is -0.145. The van der Waals surface area contributed by atoms with Crippen molar-refractivity contribution in [3.63, 3.8) is 0 Å². The highest BCUT2D eigenvalue weighted by molar-refractivity contribution is 5.94. The summed E-state index contributed by atoms with van der Waals surface area (Å²) in [4.78, 5) is 40.4. The van der Waals surface area contributed by atoms with Gasteiger partial charge < -0.3 is 14.5 Å². The predicted octanol–water partition coefficient (Wildman–Crippen LogP) is 1.98. The van der Waals surface area contributed by atoms with Crippen LogP contribution in [0.25, 0.3) is 0 Å². The van der Waals surface area contributed by atoms with E-state index in [-0.39, 0.29) is 35.9 Å². The van der Waals surface area contributed by atoms with Gasteiger partial charge >= 0.3 is 5.97 Å². The highest BCUT2D eigenvalue weighted by atomic mass is 16.5. The van der Waals surface area contributed by atoms with E-state index in [2.05, 4.69) is 4.90 Å². The fourth-order valence-corrected chi connectivity index (χ4v) is 4.02. The van der Waals surface area contributed by atoms with E-state index in [0.29, 0.717) is 25.9 Å². The summed E-state index contributed by atoms with van der Waals surface area (Å²) in [6, 6.07) is 7.93. The normalized spacial score (nSPS) is 23.2. The summed E-state index contributed by atoms with van der Waals surface area (Å²) in [5.41, 5.74) is 2.03. The third-order valence-corrected chi connectivity index (χ3v) is 5.48. The molecule has 140 valence electrons. The first-order chi connectivity index (χ1) is 12.5. The number of hydrogen-bond donors (Lipinski definition) is 0. The van der Waals surface area contributed by atoms with Crippen molar-refractivity contribution in [2.45, 2.75) is 32.1 Å². The number of carbonyl (C=O) groups excluding carboxylic acids is 3. The van der Waals surface area contributed by atoms with Gasteiger partial charge in [-0.2, -0.15) is 0 Å². The zero-order valence-electron chi connectivity index (χ0n) is 15.4. The van der Waals surface area contributed by atoms with Gasteiger partial charge in [-0.15, -0.1) is 0 Å². The number of hydrogen-bond acceptors (Lipinski definition) is 5. The molecule has 3 rings (SSSR count). The van der Waals surface area contributed by atoms with Crippen LogP contribution in [-0.2, 0) is 19.1 Å². The van der Waals surface area contributed by atoms with Crippen LogP contribution in [0.2, 0.25) is 0 Å². The van der Waals surface area contributed by atoms with Gasteiger partial charge in [0.1, 0.15) is 5.78 Å². The van der Waals surface area contributed by atoms with E-state index < -0.39 is 0 Å². The number of ether oxygens (including phenoxy) is 1. The number of benzene rings is 1. The Labute approximate surface area is 154 Å². The lowest BCUT2D eigenvalue weighted by atomic mass is 9.93. The second-order valence-corrected chi connectivity index (χ2v) is 6.96. The summed E-state index contributed by atoms with van der Waals surface area (Å²) in [5.74, 6) is -0.613. The van der Waals surface area contributed by atoms with Crippen LogP contribution in [0.15, 0.2) is 24.3 Å². The Morgan fingerprint density at radius 2 is 1.85 bits per heavy atom. The van der Waals surface area contributed by atoms with Crippen molar-refractivity contribution in [3.05, 3.63) is 29.8 Å². The van der Waals surface area contributed by atoms with Crippen LogP contribution in [-0.4, -0.2) is 55.8 Å². The molecule has 0 radical (unpaired) electrons. The van der Waals surface area contributed by atoms with E-state index >= 15 is 0 Å². The second kappa shape index (κ2) is 7.89. The molecule has 0 bridgehead atoms. The van der Waals surface area contributed by atoms with Gasteiger partial charge in [0.25, 0.3) is 0 Å². The first-order valence-corrected chi connectivity index (χ1v) is 9.27. The molecule has 1 saturated carbocycles. The van der Waals surface area contributed by atoms with E-state index in [1.165, 1.54) is 7.11 Å². The number of Topliss-reactive ketones (excluding diaryl/α,β-unsaturated/α-hetero) is 1. The average molecular weight is 358 g/mol. The number of para-hydroxylation sites is 1. The molecule has 2 fully saturated rings. The smallest absolute Gasteiger partial charge is 0.309 e. The number of nitrogens with zero attached hydrogens (tertiary/aromatic N) is 2. The molecule has 0 unspecified atom stereocenters. The third kappa shape index (κ3) is 3.59. The molecule has 1 aromatic rings. The highest BCUT2D eigenvalue weighted by Gasteiger charge is 2.39. The zero-order valence-corrected chi connectivity index (χ0v) is 15.4. The van der Waals surface area contributed by atoms with Crippen molar-refractivity contribution < 1.29 is 19.1 Å². The fourth-order valence-electron chi connectivity index (χ4n) is 4.02. The SMILES string of the molecule is CCC(=O)N1CCN(c2ccccc2[C@H]2C[C@@H](C(=O)OC)CC2=O)CC1. The van der Waals surface area contributed by atoms with Gasteiger partial charge in [-0.25, -0.2) is 0 Å². The van der Waals surface area contributed by atoms with Gasteiger partial charge in [-0.3, -0.25) is 14.4 Å². The maximum Gasteiger partial charge on any atom is 0.309 e. The Balaban J connectivity index is 1.76. The number of methoxy groups -OCH3 is 1. The monoisotopic (exact) mass is 358 g/mol. The molecule has 1 saturated heterocycles. The van der Waals surface area contributed by atoms with E-state index in [9.17, 15) is 14.4 Å². The molecule has 26 heavy (non-hydrogen) atoms. The highest BCUT2D eigenvalue weighted by Crippen LogP contribution is 2.40. The molecule has 1 amide bonds. The van der Waals surface area contributed by atoms with Crippen LogP contribution in [0.1, 0.15) is 37.7 Å². The Morgan fingerprint density at radius 3 is 2.50 bits per heavy atom. The van der Waals surface area contributed by atoms with E-state index in [1.54, 1.807) is 0 Å². The second-order valence-electron chi connectivity index (χ2n) is 6.96. The summed E-state index contributed by atoms with van der Waals surface area (Å²) < 4.78 is 4.82. The number of carbonyl (C=O) groups is 3. The van der Waals surface area contributed by atoms with Gasteiger partial charge in [0, 0.05) is 50.6 Å². The summed E-state index contributed by atoms with van der Waals surface area (Å²) >= 11 is 0. The third-order valence-electron chi connectivity index (χ3n) is 5.48. The van der Waals surface area contributed by atoms with Gasteiger partial charge in [-0.1, -0.05) is 25.1 Å². The molecule has 2 atom stereocenters. The van der Waals surface area contributed by atoms with E-state index in [1.807, 2.05) is 36.1 Å². The topological polar surface area (TPSA) is 66.9 Å². The molecular formula is C20H26N2O4. The minimum absolute atomic E-state index is 0.104. The number of ketones is 1. The Kier molecular flexibility index (Phi) is 5.59. The zero-order chi connectivity index (χ0) is 18.7. The Bertz CT molecular complexity index is 695. The summed E-state index contributed by atoms with van der Waals surface area (Å²) in [5, 5.41) is 0. The molecule has 0 spiro atoms. The van der Waals surface area contributed by atoms with Crippen LogP contribution in [0, 0.1) is 5.92 Å². The van der Waals surface area contributed by atoms with Crippen molar-refractivity contribution in [2.24, 2.45) is 5.92 Å². The fraction of sp³-hybridized carbons (Fsp3) is 0.550. The van der Waals surface area contributed by atoms with E-state index in [0.717, 1.165) is 24.3 Å². The number of rotatable bonds is 4. The molecule has 1 heterocycles. The molecule has 1 aromatic carbocycles. The van der Waals surface area contributed by atoms with Crippen LogP contribution >= 0.6 is 0 Å². The summed E-state index contributed by atoms with van der Waals surface area (Å²) in [7, 11) is 1.37. The minimum atomic E-state index is -0.343. The molecule has 0 N–H and O–H groups in total. The van der Waals surface area contributed by atoms with E-state index in [4.69, 9.17) is 4.74 Å². The first-order valence-electron chi connectivity index (χ1n) is 9.27. The Morgan fingerprint density at radius 1 is 1.15 bits per heavy atom. The largest absolute Gasteiger partial charge is 0.469 e. The number of anilines is 1. The number of esters is 1. The van der Waals surface area contributed by atoms with Gasteiger partial charge in [0.15, 0.2) is 0 Å². The maximum absolute atomic E-state index is 12.5. The molecule has 1 aliphatic carbocycles. The minimum Gasteiger partial charge on any atom is -0.469 e. The van der Waals surface area contributed by atoms with Crippen molar-refractivity contribution in [1.29, 1.82) is 0 Å². The summed E-state index contributed by atoms with van der Waals surface area (Å²) in [6.45, 7) is 4.79. The van der Waals surface area contributed by atoms with Crippen molar-refractivity contribution in [1.82, 2.24) is 4.90 Å². The van der Waals surface area contributed by atoms with Gasteiger partial charge in [0.05, 0.1) is 13.0 Å². The molecule has 6 heteroatoms. The van der Waals surface area contributed by atoms with Crippen LogP contribution < -0.4 is 4.90 Å². The Hall–Kier alpha value is -2.37. The molecule has 0 aromatic heterocycles. The number of amides is 1. The lowest BCUT2D eigenvalue weighted by Gasteiger charge is -2.37. The first kappa shape index (κ1) is 18.4. The predicted molar refractivity (Wildman–Crippen MR) is 98.0 cm³/mol. The molecular weight excluding hydrogens is 332 g/mol. The van der Waals surface area contributed by atoms with Crippen LogP contribution in [0.5, 0.6) is 0 Å². The lowest BCUT2D eigenvalue weighted by Crippen LogP contribution is -2.49. The van der Waals surface area contributed by atoms with Crippen molar-refractivity contribution in [2.75, 3.05) is 38.2 Å². The summed E-state index contributed by atoms with van der Waals surface area (Å²) in [6.07, 6.45) is 1.29. The quantitative estimate of drug-likeness (QED) is 0.770. The molecule has 1 aliphatic heterocycles. The maximum atomic E-state index is 12.5. The number of piperazine rings is 1. The molecule has 6 nitrogen and oxygen atoms in total. The van der Waals surface area contributed by atoms with Crippen LogP contribution in [0.3, 0.4) is 0 Å². The van der Waals surface area contributed by atoms with Gasteiger partial charge in [0.2, 0.25) is 5.91 Å². The standard InChI is InChI=1S/C20H26N2O4/c1-3-19(24)22-10-8-21(9-11-22)17-7-5-4-6-15(17)16-12-14(13-18(16)23)20(25)26-2/h4-7,14,16H,3,8-13H2,1-2H3/t14-,16-/m1/s1. The average Bonchev–Trinajstić information content (AvgIpc) is 3.08. The van der Waals surface area contributed by atoms with Gasteiger partial charge in [-0.05, 0) is 18.1 Å². The molecule has 2 aliphatic rings. The van der Waals surface area contributed by atoms with Crippen molar-refractivity contribution >= 4 is 23.3 Å². The van der Waals surface area contributed by atoms with Crippen molar-refractivity contribution in [3.8, 4) is 0 Å².